The van der Waals surface area contributed by atoms with Gasteiger partial charge in [0.1, 0.15) is 6.33 Å². The zero-order valence-corrected chi connectivity index (χ0v) is 15.1. The summed E-state index contributed by atoms with van der Waals surface area (Å²) in [6.45, 7) is 1.90. The van der Waals surface area contributed by atoms with E-state index in [0.717, 1.165) is 16.9 Å². The molecule has 1 amide bonds. The lowest BCUT2D eigenvalue weighted by Gasteiger charge is -2.13. The molecule has 1 N–H and O–H groups in total. The Kier molecular flexibility index (Phi) is 4.43. The molecule has 0 saturated heterocycles. The second-order valence-corrected chi connectivity index (χ2v) is 6.40. The van der Waals surface area contributed by atoms with Gasteiger partial charge >= 0.3 is 0 Å². The second kappa shape index (κ2) is 7.05. The van der Waals surface area contributed by atoms with E-state index in [1.165, 1.54) is 6.33 Å². The monoisotopic (exact) mass is 378 g/mol. The van der Waals surface area contributed by atoms with Gasteiger partial charge in [-0.25, -0.2) is 4.68 Å². The number of carbonyl (C=O) groups excluding carboxylic acids is 1. The van der Waals surface area contributed by atoms with E-state index < -0.39 is 0 Å². The molecule has 27 heavy (non-hydrogen) atoms. The number of benzene rings is 2. The van der Waals surface area contributed by atoms with Crippen molar-refractivity contribution in [2.24, 2.45) is 0 Å². The lowest BCUT2D eigenvalue weighted by molar-refractivity contribution is 0.102. The summed E-state index contributed by atoms with van der Waals surface area (Å²) in [6, 6.07) is 14.5. The fourth-order valence-corrected chi connectivity index (χ4v) is 3.01. The normalized spacial score (nSPS) is 10.7. The molecule has 4 rings (SSSR count). The average molecular weight is 379 g/mol. The minimum atomic E-state index is -0.211. The standard InChI is InChI=1S/C19H15ClN6O/c1-13-10-14(4-7-17(13)26-12-21-23-24-26)19(27)22-16-6-5-15(20)11-18(16)25-8-2-3-9-25/h2-12H,1H3,(H,22,27). The second-order valence-electron chi connectivity index (χ2n) is 5.96. The molecule has 2 heterocycles. The highest BCUT2D eigenvalue weighted by atomic mass is 35.5. The van der Waals surface area contributed by atoms with Gasteiger partial charge < -0.3 is 9.88 Å². The quantitative estimate of drug-likeness (QED) is 0.587. The summed E-state index contributed by atoms with van der Waals surface area (Å²) in [5, 5.41) is 14.7. The lowest BCUT2D eigenvalue weighted by Crippen LogP contribution is -2.14. The van der Waals surface area contributed by atoms with E-state index >= 15 is 0 Å². The maximum atomic E-state index is 12.8. The predicted octanol–water partition coefficient (Wildman–Crippen LogP) is 3.67. The van der Waals surface area contributed by atoms with Crippen molar-refractivity contribution in [2.75, 3.05) is 5.32 Å². The maximum absolute atomic E-state index is 12.8. The van der Waals surface area contributed by atoms with Crippen molar-refractivity contribution in [2.45, 2.75) is 6.92 Å². The molecule has 0 fully saturated rings. The highest BCUT2D eigenvalue weighted by molar-refractivity contribution is 6.31. The Bertz CT molecular complexity index is 1090. The molecule has 0 radical (unpaired) electrons. The number of hydrogen-bond acceptors (Lipinski definition) is 4. The van der Waals surface area contributed by atoms with Gasteiger partial charge in [0, 0.05) is 23.0 Å². The van der Waals surface area contributed by atoms with Gasteiger partial charge in [0.25, 0.3) is 5.91 Å². The molecule has 0 unspecified atom stereocenters. The van der Waals surface area contributed by atoms with Gasteiger partial charge in [0.05, 0.1) is 17.1 Å². The van der Waals surface area contributed by atoms with Crippen LogP contribution in [0, 0.1) is 6.92 Å². The van der Waals surface area contributed by atoms with Crippen LogP contribution in [-0.2, 0) is 0 Å². The molecule has 134 valence electrons. The van der Waals surface area contributed by atoms with E-state index in [2.05, 4.69) is 20.8 Å². The Balaban J connectivity index is 1.63. The molecule has 0 atom stereocenters. The van der Waals surface area contributed by atoms with Crippen LogP contribution in [0.25, 0.3) is 11.4 Å². The number of nitrogens with zero attached hydrogens (tertiary/aromatic N) is 5. The topological polar surface area (TPSA) is 77.6 Å². The molecule has 0 spiro atoms. The number of hydrogen-bond donors (Lipinski definition) is 1. The van der Waals surface area contributed by atoms with Crippen LogP contribution in [0.3, 0.4) is 0 Å². The summed E-state index contributed by atoms with van der Waals surface area (Å²) in [5.41, 5.74) is 3.70. The predicted molar refractivity (Wildman–Crippen MR) is 103 cm³/mol. The molecular weight excluding hydrogens is 364 g/mol. The Hall–Kier alpha value is -3.45. The molecular formula is C19H15ClN6O. The van der Waals surface area contributed by atoms with Crippen molar-refractivity contribution in [1.29, 1.82) is 0 Å². The van der Waals surface area contributed by atoms with E-state index in [0.29, 0.717) is 16.3 Å². The van der Waals surface area contributed by atoms with Gasteiger partial charge in [-0.15, -0.1) is 5.10 Å². The fourth-order valence-electron chi connectivity index (χ4n) is 2.84. The summed E-state index contributed by atoms with van der Waals surface area (Å²) in [6.07, 6.45) is 5.30. The van der Waals surface area contributed by atoms with Gasteiger partial charge in [-0.2, -0.15) is 0 Å². The first-order valence-electron chi connectivity index (χ1n) is 8.20. The van der Waals surface area contributed by atoms with E-state index in [-0.39, 0.29) is 5.91 Å². The van der Waals surface area contributed by atoms with E-state index in [4.69, 9.17) is 11.6 Å². The zero-order valence-electron chi connectivity index (χ0n) is 14.4. The van der Waals surface area contributed by atoms with Gasteiger partial charge in [-0.05, 0) is 71.4 Å². The average Bonchev–Trinajstić information content (AvgIpc) is 3.37. The number of amides is 1. The number of carbonyl (C=O) groups is 1. The molecule has 0 saturated carbocycles. The number of halogens is 1. The first-order chi connectivity index (χ1) is 13.1. The van der Waals surface area contributed by atoms with E-state index in [9.17, 15) is 4.79 Å². The number of tetrazole rings is 1. The number of aromatic nitrogens is 5. The van der Waals surface area contributed by atoms with Gasteiger partial charge in [-0.3, -0.25) is 4.79 Å². The fraction of sp³-hybridized carbons (Fsp3) is 0.0526. The molecule has 2 aromatic carbocycles. The molecule has 0 aliphatic heterocycles. The van der Waals surface area contributed by atoms with Crippen LogP contribution in [0.15, 0.2) is 67.3 Å². The van der Waals surface area contributed by atoms with E-state index in [1.807, 2.05) is 48.1 Å². The van der Waals surface area contributed by atoms with Crippen molar-refractivity contribution in [3.8, 4) is 11.4 Å². The van der Waals surface area contributed by atoms with Crippen molar-refractivity contribution in [1.82, 2.24) is 24.8 Å². The summed E-state index contributed by atoms with van der Waals surface area (Å²) >= 11 is 6.13. The van der Waals surface area contributed by atoms with Crippen LogP contribution in [0.5, 0.6) is 0 Å². The van der Waals surface area contributed by atoms with Gasteiger partial charge in [-0.1, -0.05) is 11.6 Å². The van der Waals surface area contributed by atoms with Crippen LogP contribution in [0.4, 0.5) is 5.69 Å². The van der Waals surface area contributed by atoms with Crippen LogP contribution in [0.1, 0.15) is 15.9 Å². The summed E-state index contributed by atoms with van der Waals surface area (Å²) in [7, 11) is 0. The molecule has 8 heteroatoms. The van der Waals surface area contributed by atoms with Crippen molar-refractivity contribution in [3.05, 3.63) is 83.4 Å². The Morgan fingerprint density at radius 2 is 1.89 bits per heavy atom. The molecule has 7 nitrogen and oxygen atoms in total. The minimum Gasteiger partial charge on any atom is -0.322 e. The van der Waals surface area contributed by atoms with Gasteiger partial charge in [0.2, 0.25) is 0 Å². The van der Waals surface area contributed by atoms with Crippen LogP contribution >= 0.6 is 11.6 Å². The first-order valence-corrected chi connectivity index (χ1v) is 8.58. The number of anilines is 1. The molecule has 0 aliphatic carbocycles. The van der Waals surface area contributed by atoms with E-state index in [1.54, 1.807) is 28.9 Å². The summed E-state index contributed by atoms with van der Waals surface area (Å²) in [5.74, 6) is -0.211. The van der Waals surface area contributed by atoms with Crippen molar-refractivity contribution >= 4 is 23.2 Å². The van der Waals surface area contributed by atoms with Crippen LogP contribution in [-0.4, -0.2) is 30.7 Å². The highest BCUT2D eigenvalue weighted by Crippen LogP contribution is 2.25. The Labute approximate surface area is 160 Å². The third-order valence-corrected chi connectivity index (χ3v) is 4.38. The molecule has 4 aromatic rings. The molecule has 2 aromatic heterocycles. The lowest BCUT2D eigenvalue weighted by atomic mass is 10.1. The summed E-state index contributed by atoms with van der Waals surface area (Å²) < 4.78 is 3.45. The number of aryl methyl sites for hydroxylation is 1. The number of nitrogens with one attached hydrogen (secondary N) is 1. The van der Waals surface area contributed by atoms with Crippen LogP contribution in [0.2, 0.25) is 5.02 Å². The SMILES string of the molecule is Cc1cc(C(=O)Nc2ccc(Cl)cc2-n2cccc2)ccc1-n1cnnn1. The van der Waals surface area contributed by atoms with Gasteiger partial charge in [0.15, 0.2) is 0 Å². The third-order valence-electron chi connectivity index (χ3n) is 4.15. The maximum Gasteiger partial charge on any atom is 0.255 e. The number of rotatable bonds is 4. The zero-order chi connectivity index (χ0) is 18.8. The van der Waals surface area contributed by atoms with Crippen molar-refractivity contribution in [3.63, 3.8) is 0 Å². The Morgan fingerprint density at radius 1 is 1.07 bits per heavy atom. The van der Waals surface area contributed by atoms with Crippen molar-refractivity contribution < 1.29 is 4.79 Å². The highest BCUT2D eigenvalue weighted by Gasteiger charge is 2.13. The largest absolute Gasteiger partial charge is 0.322 e. The third kappa shape index (κ3) is 3.45. The first kappa shape index (κ1) is 17.0. The summed E-state index contributed by atoms with van der Waals surface area (Å²) in [4.78, 5) is 12.8. The molecule has 0 aliphatic rings. The minimum absolute atomic E-state index is 0.211. The smallest absolute Gasteiger partial charge is 0.255 e. The molecule has 0 bridgehead atoms. The Morgan fingerprint density at radius 3 is 2.59 bits per heavy atom. The van der Waals surface area contributed by atoms with Crippen LogP contribution < -0.4 is 5.32 Å².